The van der Waals surface area contributed by atoms with E-state index >= 15 is 0 Å². The van der Waals surface area contributed by atoms with Crippen molar-refractivity contribution in [3.05, 3.63) is 22.8 Å². The van der Waals surface area contributed by atoms with E-state index in [-0.39, 0.29) is 11.2 Å². The van der Waals surface area contributed by atoms with Gasteiger partial charge in [0.05, 0.1) is 12.1 Å². The van der Waals surface area contributed by atoms with E-state index in [0.29, 0.717) is 6.42 Å². The highest BCUT2D eigenvalue weighted by molar-refractivity contribution is 9.10. The second-order valence-corrected chi connectivity index (χ2v) is 7.18. The Balaban J connectivity index is 2.68. The Labute approximate surface area is 133 Å². The third-order valence-corrected chi connectivity index (χ3v) is 4.44. The van der Waals surface area contributed by atoms with Gasteiger partial charge in [-0.2, -0.15) is 0 Å². The van der Waals surface area contributed by atoms with Crippen molar-refractivity contribution in [3.63, 3.8) is 0 Å². The SMILES string of the molecule is CCNC(C)(CC(C)Sc1ccc(Br)cn1)C(=O)OC. The molecule has 1 rings (SSSR count). The highest BCUT2D eigenvalue weighted by atomic mass is 79.9. The summed E-state index contributed by atoms with van der Waals surface area (Å²) in [5, 5.41) is 4.41. The van der Waals surface area contributed by atoms with Crippen LogP contribution in [0.4, 0.5) is 0 Å². The lowest BCUT2D eigenvalue weighted by Gasteiger charge is -2.29. The number of carbonyl (C=O) groups excluding carboxylic acids is 1. The van der Waals surface area contributed by atoms with Crippen LogP contribution in [0.5, 0.6) is 0 Å². The van der Waals surface area contributed by atoms with Crippen LogP contribution < -0.4 is 5.32 Å². The number of esters is 1. The van der Waals surface area contributed by atoms with Crippen LogP contribution in [0.25, 0.3) is 0 Å². The molecule has 0 aliphatic carbocycles. The van der Waals surface area contributed by atoms with Crippen LogP contribution in [0.15, 0.2) is 27.8 Å². The number of nitrogens with one attached hydrogen (secondary N) is 1. The number of ether oxygens (including phenoxy) is 1. The Morgan fingerprint density at radius 1 is 1.60 bits per heavy atom. The monoisotopic (exact) mass is 360 g/mol. The Hall–Kier alpha value is -0.590. The number of thioether (sulfide) groups is 1. The van der Waals surface area contributed by atoms with Crippen molar-refractivity contribution >= 4 is 33.7 Å². The zero-order valence-electron chi connectivity index (χ0n) is 12.3. The summed E-state index contributed by atoms with van der Waals surface area (Å²) in [6.45, 7) is 6.68. The molecule has 2 unspecified atom stereocenters. The predicted octanol–water partition coefficient (Wildman–Crippen LogP) is 3.26. The second-order valence-electron chi connectivity index (χ2n) is 4.80. The van der Waals surface area contributed by atoms with Crippen LogP contribution in [0.2, 0.25) is 0 Å². The minimum Gasteiger partial charge on any atom is -0.468 e. The van der Waals surface area contributed by atoms with Crippen molar-refractivity contribution in [2.45, 2.75) is 43.0 Å². The Morgan fingerprint density at radius 3 is 2.80 bits per heavy atom. The fraction of sp³-hybridized carbons (Fsp3) is 0.571. The summed E-state index contributed by atoms with van der Waals surface area (Å²) in [5.41, 5.74) is -0.661. The van der Waals surface area contributed by atoms with Gasteiger partial charge in [0.15, 0.2) is 0 Å². The van der Waals surface area contributed by atoms with Crippen molar-refractivity contribution in [1.29, 1.82) is 0 Å². The molecule has 1 N–H and O–H groups in total. The maximum Gasteiger partial charge on any atom is 0.325 e. The average Bonchev–Trinajstić information content (AvgIpc) is 2.40. The van der Waals surface area contributed by atoms with Gasteiger partial charge >= 0.3 is 5.97 Å². The molecule has 0 aromatic carbocycles. The molecule has 0 bridgehead atoms. The summed E-state index contributed by atoms with van der Waals surface area (Å²) in [4.78, 5) is 16.3. The number of pyridine rings is 1. The van der Waals surface area contributed by atoms with Gasteiger partial charge in [0.25, 0.3) is 0 Å². The molecule has 1 heterocycles. The van der Waals surface area contributed by atoms with Crippen LogP contribution in [0, 0.1) is 0 Å². The molecule has 6 heteroatoms. The lowest BCUT2D eigenvalue weighted by atomic mass is 9.96. The first kappa shape index (κ1) is 17.5. The fourth-order valence-corrected chi connectivity index (χ4v) is 3.42. The number of nitrogens with zero attached hydrogens (tertiary/aromatic N) is 1. The van der Waals surface area contributed by atoms with Crippen LogP contribution in [-0.4, -0.2) is 35.4 Å². The number of methoxy groups -OCH3 is 1. The zero-order chi connectivity index (χ0) is 15.2. The molecular weight excluding hydrogens is 340 g/mol. The van der Waals surface area contributed by atoms with Crippen LogP contribution in [0.3, 0.4) is 0 Å². The fourth-order valence-electron chi connectivity index (χ4n) is 2.10. The summed E-state index contributed by atoms with van der Waals surface area (Å²) in [7, 11) is 1.42. The average molecular weight is 361 g/mol. The highest BCUT2D eigenvalue weighted by Crippen LogP contribution is 2.28. The molecular formula is C14H21BrN2O2S. The lowest BCUT2D eigenvalue weighted by molar-refractivity contribution is -0.148. The molecule has 20 heavy (non-hydrogen) atoms. The molecule has 0 saturated heterocycles. The first-order chi connectivity index (χ1) is 9.41. The molecule has 0 amide bonds. The summed E-state index contributed by atoms with van der Waals surface area (Å²) in [5.74, 6) is -0.226. The van der Waals surface area contributed by atoms with E-state index in [9.17, 15) is 4.79 Å². The first-order valence-corrected chi connectivity index (χ1v) is 8.20. The third kappa shape index (κ3) is 5.07. The summed E-state index contributed by atoms with van der Waals surface area (Å²) < 4.78 is 5.86. The topological polar surface area (TPSA) is 51.2 Å². The van der Waals surface area contributed by atoms with E-state index in [1.54, 1.807) is 18.0 Å². The largest absolute Gasteiger partial charge is 0.468 e. The standard InChI is InChI=1S/C14H21BrN2O2S/c1-5-17-14(3,13(18)19-4)8-10(2)20-12-7-6-11(15)9-16-12/h6-7,9-10,17H,5,8H2,1-4H3. The van der Waals surface area contributed by atoms with Gasteiger partial charge in [0, 0.05) is 15.9 Å². The molecule has 112 valence electrons. The number of likely N-dealkylation sites (N-methyl/N-ethyl adjacent to an activating group) is 1. The Morgan fingerprint density at radius 2 is 2.30 bits per heavy atom. The predicted molar refractivity (Wildman–Crippen MR) is 86.0 cm³/mol. The van der Waals surface area contributed by atoms with Gasteiger partial charge in [-0.15, -0.1) is 11.8 Å². The number of carbonyl (C=O) groups is 1. The quantitative estimate of drug-likeness (QED) is 0.597. The smallest absolute Gasteiger partial charge is 0.325 e. The highest BCUT2D eigenvalue weighted by Gasteiger charge is 2.35. The molecule has 1 aromatic heterocycles. The van der Waals surface area contributed by atoms with Crippen molar-refractivity contribution in [2.75, 3.05) is 13.7 Å². The van der Waals surface area contributed by atoms with Gasteiger partial charge in [0.2, 0.25) is 0 Å². The molecule has 0 fully saturated rings. The second kappa shape index (κ2) is 8.00. The van der Waals surface area contributed by atoms with E-state index in [4.69, 9.17) is 4.74 Å². The van der Waals surface area contributed by atoms with Crippen molar-refractivity contribution in [2.24, 2.45) is 0 Å². The minimum absolute atomic E-state index is 0.226. The molecule has 4 nitrogen and oxygen atoms in total. The van der Waals surface area contributed by atoms with Crippen molar-refractivity contribution in [1.82, 2.24) is 10.3 Å². The van der Waals surface area contributed by atoms with Crippen LogP contribution in [0.1, 0.15) is 27.2 Å². The zero-order valence-corrected chi connectivity index (χ0v) is 14.7. The number of aromatic nitrogens is 1. The number of halogens is 1. The molecule has 0 aliphatic heterocycles. The Bertz CT molecular complexity index is 441. The molecule has 1 aromatic rings. The number of rotatable bonds is 7. The van der Waals surface area contributed by atoms with Gasteiger partial charge in [-0.25, -0.2) is 4.98 Å². The number of hydrogen-bond donors (Lipinski definition) is 1. The molecule has 0 aliphatic rings. The van der Waals surface area contributed by atoms with Crippen LogP contribution in [-0.2, 0) is 9.53 Å². The maximum absolute atomic E-state index is 11.9. The third-order valence-electron chi connectivity index (χ3n) is 2.92. The van der Waals surface area contributed by atoms with E-state index < -0.39 is 5.54 Å². The molecule has 2 atom stereocenters. The van der Waals surface area contributed by atoms with Gasteiger partial charge < -0.3 is 10.1 Å². The minimum atomic E-state index is -0.661. The van der Waals surface area contributed by atoms with E-state index in [0.717, 1.165) is 16.0 Å². The summed E-state index contributed by atoms with van der Waals surface area (Å²) in [6, 6.07) is 3.93. The summed E-state index contributed by atoms with van der Waals surface area (Å²) in [6.07, 6.45) is 2.45. The maximum atomic E-state index is 11.9. The summed E-state index contributed by atoms with van der Waals surface area (Å²) >= 11 is 5.02. The van der Waals surface area contributed by atoms with E-state index in [2.05, 4.69) is 33.2 Å². The van der Waals surface area contributed by atoms with Crippen LogP contribution >= 0.6 is 27.7 Å². The van der Waals surface area contributed by atoms with Gasteiger partial charge in [0.1, 0.15) is 5.54 Å². The van der Waals surface area contributed by atoms with Crippen molar-refractivity contribution < 1.29 is 9.53 Å². The van der Waals surface area contributed by atoms with Gasteiger partial charge in [-0.05, 0) is 48.0 Å². The van der Waals surface area contributed by atoms with Gasteiger partial charge in [-0.3, -0.25) is 4.79 Å². The normalized spacial score (nSPS) is 15.4. The van der Waals surface area contributed by atoms with E-state index in [1.807, 2.05) is 26.0 Å². The molecule has 0 saturated carbocycles. The molecule has 0 spiro atoms. The number of hydrogen-bond acceptors (Lipinski definition) is 5. The lowest BCUT2D eigenvalue weighted by Crippen LogP contribution is -2.51. The van der Waals surface area contributed by atoms with Crippen molar-refractivity contribution in [3.8, 4) is 0 Å². The van der Waals surface area contributed by atoms with Gasteiger partial charge in [-0.1, -0.05) is 13.8 Å². The first-order valence-electron chi connectivity index (χ1n) is 6.53. The van der Waals surface area contributed by atoms with E-state index in [1.165, 1.54) is 7.11 Å². The Kier molecular flexibility index (Phi) is 6.99. The molecule has 0 radical (unpaired) electrons.